The molecule has 4 aromatic rings. The zero-order valence-corrected chi connectivity index (χ0v) is 19.5. The van der Waals surface area contributed by atoms with E-state index in [2.05, 4.69) is 39.2 Å². The fraction of sp³-hybridized carbons (Fsp3) is 0.320. The first-order chi connectivity index (χ1) is 16.4. The van der Waals surface area contributed by atoms with E-state index in [-0.39, 0.29) is 11.1 Å². The number of imidazole rings is 1. The van der Waals surface area contributed by atoms with Gasteiger partial charge in [0.1, 0.15) is 11.3 Å². The highest BCUT2D eigenvalue weighted by Gasteiger charge is 2.26. The summed E-state index contributed by atoms with van der Waals surface area (Å²) in [5.41, 5.74) is 4.02. The molecular formula is C25H23F3N4OS. The van der Waals surface area contributed by atoms with E-state index in [1.54, 1.807) is 17.8 Å². The minimum absolute atomic E-state index is 0.234. The largest absolute Gasteiger partial charge is 0.611 e. The second-order valence-electron chi connectivity index (χ2n) is 8.44. The Morgan fingerprint density at radius 2 is 1.79 bits per heavy atom. The van der Waals surface area contributed by atoms with Crippen LogP contribution in [0.3, 0.4) is 0 Å². The highest BCUT2D eigenvalue weighted by molar-refractivity contribution is 7.91. The summed E-state index contributed by atoms with van der Waals surface area (Å²) < 4.78 is 54.1. The van der Waals surface area contributed by atoms with Crippen LogP contribution in [0, 0.1) is 0 Å². The summed E-state index contributed by atoms with van der Waals surface area (Å²) in [6.07, 6.45) is -0.306. The molecule has 1 aliphatic carbocycles. The average Bonchev–Trinajstić information content (AvgIpc) is 3.66. The van der Waals surface area contributed by atoms with Crippen molar-refractivity contribution in [1.29, 1.82) is 0 Å². The maximum Gasteiger partial charge on any atom is 0.273 e. The molecule has 2 unspecified atom stereocenters. The first-order valence-corrected chi connectivity index (χ1v) is 12.4. The highest BCUT2D eigenvalue weighted by Crippen LogP contribution is 2.40. The fourth-order valence-corrected chi connectivity index (χ4v) is 4.99. The minimum atomic E-state index is -3.14. The van der Waals surface area contributed by atoms with Crippen molar-refractivity contribution < 1.29 is 17.7 Å². The van der Waals surface area contributed by atoms with Crippen molar-refractivity contribution in [2.75, 3.05) is 5.75 Å². The number of hydrogen-bond donors (Lipinski definition) is 0. The van der Waals surface area contributed by atoms with Crippen LogP contribution in [-0.2, 0) is 18.2 Å². The van der Waals surface area contributed by atoms with E-state index >= 15 is 0 Å². The molecule has 0 aliphatic heterocycles. The van der Waals surface area contributed by atoms with Gasteiger partial charge < -0.3 is 9.12 Å². The SMILES string of the molecule is CC[S+]([O-])c1cc(-c2ccc(C3CC3)cc2)cnc1-c1nc2cc(C(F)C(F)F)cnc2n1C. The first kappa shape index (κ1) is 22.9. The second kappa shape index (κ2) is 9.03. The number of benzene rings is 1. The molecule has 0 bridgehead atoms. The zero-order valence-electron chi connectivity index (χ0n) is 18.7. The second-order valence-corrected chi connectivity index (χ2v) is 10.2. The molecule has 1 fully saturated rings. The molecule has 1 saturated carbocycles. The van der Waals surface area contributed by atoms with E-state index in [1.165, 1.54) is 24.5 Å². The lowest BCUT2D eigenvalue weighted by Crippen LogP contribution is -2.09. The lowest BCUT2D eigenvalue weighted by atomic mass is 10.0. The van der Waals surface area contributed by atoms with E-state index in [1.807, 2.05) is 13.0 Å². The maximum absolute atomic E-state index is 13.8. The predicted octanol–water partition coefficient (Wildman–Crippen LogP) is 5.98. The van der Waals surface area contributed by atoms with Crippen LogP contribution in [-0.4, -0.2) is 36.3 Å². The first-order valence-electron chi connectivity index (χ1n) is 11.1. The van der Waals surface area contributed by atoms with Gasteiger partial charge in [0.05, 0.1) is 0 Å². The van der Waals surface area contributed by atoms with Gasteiger partial charge in [-0.25, -0.2) is 28.1 Å². The molecule has 3 aromatic heterocycles. The molecule has 5 rings (SSSR count). The smallest absolute Gasteiger partial charge is 0.273 e. The number of nitrogens with zero attached hydrogens (tertiary/aromatic N) is 4. The van der Waals surface area contributed by atoms with Gasteiger partial charge in [-0.3, -0.25) is 0 Å². The molecule has 176 valence electrons. The number of aromatic nitrogens is 4. The standard InChI is InChI=1S/C25H23F3N4OS/c1-3-34(33)20-11-17(16-8-6-15(7-9-16)14-4-5-14)12-29-22(20)25-31-19-10-18(21(26)23(27)28)13-30-24(19)32(25)2/h6-14,21,23H,3-5H2,1-2H3. The summed E-state index contributed by atoms with van der Waals surface area (Å²) in [6.45, 7) is 1.82. The molecule has 0 saturated heterocycles. The number of rotatable bonds is 7. The third-order valence-electron chi connectivity index (χ3n) is 6.13. The van der Waals surface area contributed by atoms with Crippen molar-refractivity contribution in [3.63, 3.8) is 0 Å². The van der Waals surface area contributed by atoms with Crippen molar-refractivity contribution in [1.82, 2.24) is 19.5 Å². The highest BCUT2D eigenvalue weighted by atomic mass is 32.2. The molecule has 5 nitrogen and oxygen atoms in total. The lowest BCUT2D eigenvalue weighted by Gasteiger charge is -2.14. The molecule has 1 aromatic carbocycles. The summed E-state index contributed by atoms with van der Waals surface area (Å²) in [7, 11) is 1.71. The fourth-order valence-electron chi connectivity index (χ4n) is 4.06. The van der Waals surface area contributed by atoms with Crippen molar-refractivity contribution in [2.45, 2.75) is 43.2 Å². The number of halogens is 3. The Morgan fingerprint density at radius 1 is 1.06 bits per heavy atom. The summed E-state index contributed by atoms with van der Waals surface area (Å²) in [6, 6.07) is 11.5. The lowest BCUT2D eigenvalue weighted by molar-refractivity contribution is 0.0494. The number of fused-ring (bicyclic) bond motifs is 1. The van der Waals surface area contributed by atoms with Gasteiger partial charge in [-0.2, -0.15) is 0 Å². The third kappa shape index (κ3) is 4.18. The quantitative estimate of drug-likeness (QED) is 0.303. The van der Waals surface area contributed by atoms with Gasteiger partial charge in [-0.05, 0) is 54.1 Å². The van der Waals surface area contributed by atoms with Gasteiger partial charge >= 0.3 is 0 Å². The van der Waals surface area contributed by atoms with Crippen LogP contribution in [0.2, 0.25) is 0 Å². The van der Waals surface area contributed by atoms with Gasteiger partial charge in [0, 0.05) is 36.6 Å². The number of hydrogen-bond acceptors (Lipinski definition) is 4. The van der Waals surface area contributed by atoms with E-state index < -0.39 is 23.8 Å². The normalized spacial score (nSPS) is 15.7. The monoisotopic (exact) mass is 484 g/mol. The van der Waals surface area contributed by atoms with E-state index in [0.717, 1.165) is 17.3 Å². The molecule has 0 N–H and O–H groups in total. The van der Waals surface area contributed by atoms with Crippen LogP contribution in [0.1, 0.15) is 43.0 Å². The van der Waals surface area contributed by atoms with Crippen LogP contribution >= 0.6 is 0 Å². The molecule has 0 amide bonds. The van der Waals surface area contributed by atoms with Gasteiger partial charge in [-0.15, -0.1) is 0 Å². The van der Waals surface area contributed by atoms with Crippen molar-refractivity contribution in [3.8, 4) is 22.6 Å². The summed E-state index contributed by atoms with van der Waals surface area (Å²) in [5, 5.41) is 0. The molecular weight excluding hydrogens is 461 g/mol. The molecule has 0 radical (unpaired) electrons. The molecule has 3 heterocycles. The van der Waals surface area contributed by atoms with E-state index in [4.69, 9.17) is 0 Å². The van der Waals surface area contributed by atoms with Crippen LogP contribution < -0.4 is 0 Å². The number of aryl methyl sites for hydroxylation is 1. The molecule has 34 heavy (non-hydrogen) atoms. The number of alkyl halides is 3. The summed E-state index contributed by atoms with van der Waals surface area (Å²) in [5.74, 6) is 1.44. The Bertz CT molecular complexity index is 1340. The van der Waals surface area contributed by atoms with E-state index in [0.29, 0.717) is 33.7 Å². The van der Waals surface area contributed by atoms with Gasteiger partial charge in [0.25, 0.3) is 6.43 Å². The van der Waals surface area contributed by atoms with Crippen molar-refractivity contribution >= 4 is 22.3 Å². The molecule has 1 aliphatic rings. The van der Waals surface area contributed by atoms with E-state index in [9.17, 15) is 17.7 Å². The molecule has 9 heteroatoms. The third-order valence-corrected chi connectivity index (χ3v) is 7.46. The maximum atomic E-state index is 13.8. The predicted molar refractivity (Wildman–Crippen MR) is 126 cm³/mol. The number of pyridine rings is 2. The van der Waals surface area contributed by atoms with Crippen LogP contribution in [0.15, 0.2) is 53.7 Å². The average molecular weight is 485 g/mol. The Kier molecular flexibility index (Phi) is 6.07. The molecule has 2 atom stereocenters. The van der Waals surface area contributed by atoms with Gasteiger partial charge in [0.2, 0.25) is 0 Å². The van der Waals surface area contributed by atoms with Crippen LogP contribution in [0.4, 0.5) is 13.2 Å². The topological polar surface area (TPSA) is 66.7 Å². The Balaban J connectivity index is 1.57. The van der Waals surface area contributed by atoms with Crippen LogP contribution in [0.5, 0.6) is 0 Å². The summed E-state index contributed by atoms with van der Waals surface area (Å²) in [4.78, 5) is 13.8. The van der Waals surface area contributed by atoms with Gasteiger partial charge in [0.15, 0.2) is 28.2 Å². The molecule has 0 spiro atoms. The minimum Gasteiger partial charge on any atom is -0.611 e. The zero-order chi connectivity index (χ0) is 24.0. The van der Waals surface area contributed by atoms with Crippen molar-refractivity contribution in [3.05, 3.63) is 59.9 Å². The Labute approximate surface area is 198 Å². The Morgan fingerprint density at radius 3 is 2.44 bits per heavy atom. The van der Waals surface area contributed by atoms with Gasteiger partial charge in [-0.1, -0.05) is 24.3 Å². The van der Waals surface area contributed by atoms with Crippen molar-refractivity contribution in [2.24, 2.45) is 7.05 Å². The van der Waals surface area contributed by atoms with Crippen LogP contribution in [0.25, 0.3) is 33.8 Å². The Hall–Kier alpha value is -2.91. The summed E-state index contributed by atoms with van der Waals surface area (Å²) >= 11 is -1.33.